The van der Waals surface area contributed by atoms with E-state index in [2.05, 4.69) is 4.72 Å². The molecule has 0 fully saturated rings. The third kappa shape index (κ3) is 3.56. The van der Waals surface area contributed by atoms with E-state index in [1.807, 2.05) is 16.8 Å². The molecule has 20 heavy (non-hydrogen) atoms. The molecule has 2 aromatic rings. The lowest BCUT2D eigenvalue weighted by Gasteiger charge is -2.09. The van der Waals surface area contributed by atoms with Crippen LogP contribution in [0.1, 0.15) is 11.1 Å². The molecule has 0 atom stereocenters. The van der Waals surface area contributed by atoms with E-state index in [0.29, 0.717) is 5.56 Å². The number of nitrogens with one attached hydrogen (secondary N) is 1. The van der Waals surface area contributed by atoms with E-state index < -0.39 is 10.0 Å². The zero-order chi connectivity index (χ0) is 14.8. The summed E-state index contributed by atoms with van der Waals surface area (Å²) >= 11 is 12.3. The normalized spacial score (nSPS) is 11.4. The van der Waals surface area contributed by atoms with Crippen molar-refractivity contribution >= 4 is 50.2 Å². The van der Waals surface area contributed by atoms with Gasteiger partial charge in [0.05, 0.1) is 5.02 Å². The molecule has 0 radical (unpaired) electrons. The van der Waals surface area contributed by atoms with Crippen LogP contribution in [0.2, 0.25) is 5.02 Å². The van der Waals surface area contributed by atoms with Crippen LogP contribution in [0.15, 0.2) is 39.9 Å². The van der Waals surface area contributed by atoms with Crippen molar-refractivity contribution in [2.24, 2.45) is 5.73 Å². The van der Waals surface area contributed by atoms with Gasteiger partial charge in [0.2, 0.25) is 10.0 Å². The molecule has 3 N–H and O–H groups in total. The Morgan fingerprint density at radius 1 is 1.40 bits per heavy atom. The average Bonchev–Trinajstić information content (AvgIpc) is 2.89. The van der Waals surface area contributed by atoms with E-state index in [9.17, 15) is 8.42 Å². The Morgan fingerprint density at radius 3 is 2.75 bits per heavy atom. The van der Waals surface area contributed by atoms with Gasteiger partial charge in [0.15, 0.2) is 0 Å². The lowest BCUT2D eigenvalue weighted by Crippen LogP contribution is -2.24. The van der Waals surface area contributed by atoms with Gasteiger partial charge in [0.25, 0.3) is 0 Å². The SMILES string of the molecule is NC(=S)c1ccc(Cl)c(S(=O)(=O)NCc2ccsc2)c1. The lowest BCUT2D eigenvalue weighted by atomic mass is 10.2. The third-order valence-corrected chi connectivity index (χ3v) is 5.40. The Kier molecular flexibility index (Phi) is 4.77. The van der Waals surface area contributed by atoms with Gasteiger partial charge in [-0.2, -0.15) is 11.3 Å². The number of thiocarbonyl (C=S) groups is 1. The van der Waals surface area contributed by atoms with Gasteiger partial charge >= 0.3 is 0 Å². The van der Waals surface area contributed by atoms with Crippen LogP contribution < -0.4 is 10.5 Å². The highest BCUT2D eigenvalue weighted by molar-refractivity contribution is 7.89. The van der Waals surface area contributed by atoms with Crippen molar-refractivity contribution in [1.82, 2.24) is 4.72 Å². The Morgan fingerprint density at radius 2 is 2.15 bits per heavy atom. The summed E-state index contributed by atoms with van der Waals surface area (Å²) in [7, 11) is -3.72. The van der Waals surface area contributed by atoms with Crippen LogP contribution in [0.25, 0.3) is 0 Å². The predicted molar refractivity (Wildman–Crippen MR) is 85.7 cm³/mol. The molecule has 1 aromatic carbocycles. The maximum Gasteiger partial charge on any atom is 0.242 e. The fourth-order valence-corrected chi connectivity index (χ4v) is 3.85. The number of hydrogen-bond acceptors (Lipinski definition) is 4. The second-order valence-corrected chi connectivity index (χ2v) is 7.33. The number of sulfonamides is 1. The third-order valence-electron chi connectivity index (χ3n) is 2.55. The summed E-state index contributed by atoms with van der Waals surface area (Å²) < 4.78 is 27.0. The largest absolute Gasteiger partial charge is 0.389 e. The first-order chi connectivity index (χ1) is 9.40. The first kappa shape index (κ1) is 15.4. The summed E-state index contributed by atoms with van der Waals surface area (Å²) in [6, 6.07) is 6.28. The summed E-state index contributed by atoms with van der Waals surface area (Å²) in [6.07, 6.45) is 0. The van der Waals surface area contributed by atoms with Gasteiger partial charge in [-0.25, -0.2) is 13.1 Å². The standard InChI is InChI=1S/C12H11ClN2O2S3/c13-10-2-1-9(12(14)18)5-11(10)20(16,17)15-6-8-3-4-19-7-8/h1-5,7,15H,6H2,(H2,14,18). The number of hydrogen-bond donors (Lipinski definition) is 2. The van der Waals surface area contributed by atoms with E-state index in [1.165, 1.54) is 23.5 Å². The fraction of sp³-hybridized carbons (Fsp3) is 0.0833. The topological polar surface area (TPSA) is 72.2 Å². The molecular formula is C12H11ClN2O2S3. The summed E-state index contributed by atoms with van der Waals surface area (Å²) in [4.78, 5) is 0.0932. The number of thiophene rings is 1. The second-order valence-electron chi connectivity index (χ2n) is 3.97. The van der Waals surface area contributed by atoms with Crippen LogP contribution in [0.3, 0.4) is 0 Å². The Hall–Kier alpha value is -0.990. The minimum absolute atomic E-state index is 0.0281. The van der Waals surface area contributed by atoms with Crippen molar-refractivity contribution in [3.8, 4) is 0 Å². The number of rotatable bonds is 5. The second kappa shape index (κ2) is 6.19. The molecule has 1 heterocycles. The number of nitrogens with two attached hydrogens (primary N) is 1. The zero-order valence-corrected chi connectivity index (χ0v) is 13.4. The van der Waals surface area contributed by atoms with Crippen LogP contribution in [0.5, 0.6) is 0 Å². The quantitative estimate of drug-likeness (QED) is 0.816. The van der Waals surface area contributed by atoms with Crippen LogP contribution in [-0.2, 0) is 16.6 Å². The smallest absolute Gasteiger partial charge is 0.242 e. The van der Waals surface area contributed by atoms with Crippen molar-refractivity contribution in [2.75, 3.05) is 0 Å². The van der Waals surface area contributed by atoms with Crippen molar-refractivity contribution in [1.29, 1.82) is 0 Å². The molecule has 8 heteroatoms. The van der Waals surface area contributed by atoms with Crippen LogP contribution in [-0.4, -0.2) is 13.4 Å². The van der Waals surface area contributed by atoms with E-state index in [1.54, 1.807) is 6.07 Å². The molecule has 0 spiro atoms. The van der Waals surface area contributed by atoms with E-state index >= 15 is 0 Å². The Bertz CT molecular complexity index is 727. The van der Waals surface area contributed by atoms with Gasteiger partial charge in [-0.05, 0) is 34.5 Å². The van der Waals surface area contributed by atoms with Gasteiger partial charge in [-0.15, -0.1) is 0 Å². The van der Waals surface area contributed by atoms with E-state index in [0.717, 1.165) is 5.56 Å². The predicted octanol–water partition coefficient (Wildman–Crippen LogP) is 2.51. The molecule has 0 unspecified atom stereocenters. The highest BCUT2D eigenvalue weighted by Crippen LogP contribution is 2.23. The minimum atomic E-state index is -3.72. The average molecular weight is 347 g/mol. The van der Waals surface area contributed by atoms with Gasteiger partial charge in [-0.3, -0.25) is 0 Å². The van der Waals surface area contributed by atoms with Gasteiger partial charge in [0, 0.05) is 12.1 Å². The van der Waals surface area contributed by atoms with Crippen molar-refractivity contribution in [2.45, 2.75) is 11.4 Å². The molecule has 2 rings (SSSR count). The highest BCUT2D eigenvalue weighted by Gasteiger charge is 2.18. The minimum Gasteiger partial charge on any atom is -0.389 e. The Balaban J connectivity index is 2.28. The number of benzene rings is 1. The van der Waals surface area contributed by atoms with Crippen LogP contribution in [0, 0.1) is 0 Å². The lowest BCUT2D eigenvalue weighted by molar-refractivity contribution is 0.581. The molecule has 0 aliphatic rings. The van der Waals surface area contributed by atoms with Gasteiger partial charge in [-0.1, -0.05) is 29.9 Å². The maximum absolute atomic E-state index is 12.2. The summed E-state index contributed by atoms with van der Waals surface area (Å²) in [5.41, 5.74) is 6.85. The fourth-order valence-electron chi connectivity index (χ4n) is 1.51. The maximum atomic E-state index is 12.2. The molecule has 0 aliphatic carbocycles. The van der Waals surface area contributed by atoms with Crippen LogP contribution >= 0.6 is 35.2 Å². The van der Waals surface area contributed by atoms with Crippen molar-refractivity contribution < 1.29 is 8.42 Å². The van der Waals surface area contributed by atoms with Crippen molar-refractivity contribution in [3.63, 3.8) is 0 Å². The molecule has 0 bridgehead atoms. The zero-order valence-electron chi connectivity index (χ0n) is 10.2. The highest BCUT2D eigenvalue weighted by atomic mass is 35.5. The molecule has 1 aromatic heterocycles. The Labute approximate surface area is 131 Å². The molecular weight excluding hydrogens is 336 g/mol. The molecule has 0 aliphatic heterocycles. The van der Waals surface area contributed by atoms with Crippen molar-refractivity contribution in [3.05, 3.63) is 51.2 Å². The van der Waals surface area contributed by atoms with Gasteiger partial charge < -0.3 is 5.73 Å². The molecule has 0 saturated heterocycles. The van der Waals surface area contributed by atoms with E-state index in [-0.39, 0.29) is 21.5 Å². The summed E-state index contributed by atoms with van der Waals surface area (Å²) in [5.74, 6) is 0. The van der Waals surface area contributed by atoms with Crippen LogP contribution in [0.4, 0.5) is 0 Å². The summed E-state index contributed by atoms with van der Waals surface area (Å²) in [5, 5.41) is 3.88. The monoisotopic (exact) mass is 346 g/mol. The molecule has 0 amide bonds. The molecule has 4 nitrogen and oxygen atoms in total. The van der Waals surface area contributed by atoms with E-state index in [4.69, 9.17) is 29.6 Å². The molecule has 106 valence electrons. The first-order valence-corrected chi connectivity index (χ1v) is 8.71. The summed E-state index contributed by atoms with van der Waals surface area (Å²) in [6.45, 7) is 0.208. The van der Waals surface area contributed by atoms with Gasteiger partial charge in [0.1, 0.15) is 9.88 Å². The first-order valence-electron chi connectivity index (χ1n) is 5.50. The number of halogens is 1. The molecule has 0 saturated carbocycles.